The van der Waals surface area contributed by atoms with Crippen molar-refractivity contribution in [3.05, 3.63) is 0 Å². The summed E-state index contributed by atoms with van der Waals surface area (Å²) in [5, 5.41) is 11.8. The smallest absolute Gasteiger partial charge is 0.113 e. The minimum atomic E-state index is -0.345. The van der Waals surface area contributed by atoms with E-state index in [1.165, 1.54) is 0 Å². The van der Waals surface area contributed by atoms with Gasteiger partial charge in [0.2, 0.25) is 0 Å². The standard InChI is InChI=1S/C7H17NO2/c1-6(5-9)8-7(2,3)10-4/h6,8-9H,5H2,1-4H3. The molecule has 0 heterocycles. The molecule has 2 N–H and O–H groups in total. The van der Waals surface area contributed by atoms with Crippen LogP contribution in [0.25, 0.3) is 0 Å². The molecule has 0 saturated carbocycles. The highest BCUT2D eigenvalue weighted by atomic mass is 16.5. The Labute approximate surface area is 62.4 Å². The summed E-state index contributed by atoms with van der Waals surface area (Å²) < 4.78 is 5.09. The molecule has 0 saturated heterocycles. The van der Waals surface area contributed by atoms with Gasteiger partial charge in [0.1, 0.15) is 5.72 Å². The quantitative estimate of drug-likeness (QED) is 0.563. The van der Waals surface area contributed by atoms with Gasteiger partial charge < -0.3 is 9.84 Å². The zero-order chi connectivity index (χ0) is 8.20. The van der Waals surface area contributed by atoms with Gasteiger partial charge in [0.15, 0.2) is 0 Å². The van der Waals surface area contributed by atoms with E-state index < -0.39 is 0 Å². The van der Waals surface area contributed by atoms with E-state index in [0.29, 0.717) is 0 Å². The maximum atomic E-state index is 8.68. The van der Waals surface area contributed by atoms with Crippen molar-refractivity contribution in [2.24, 2.45) is 0 Å². The third-order valence-electron chi connectivity index (χ3n) is 1.38. The third-order valence-corrected chi connectivity index (χ3v) is 1.38. The van der Waals surface area contributed by atoms with E-state index in [0.717, 1.165) is 0 Å². The Kier molecular flexibility index (Phi) is 3.86. The maximum absolute atomic E-state index is 8.68. The molecule has 1 atom stereocenters. The molecule has 0 aromatic heterocycles. The molecule has 62 valence electrons. The van der Waals surface area contributed by atoms with Crippen LogP contribution in [0.4, 0.5) is 0 Å². The number of aliphatic hydroxyl groups excluding tert-OH is 1. The fraction of sp³-hybridized carbons (Fsp3) is 1.00. The first-order chi connectivity index (χ1) is 4.52. The van der Waals surface area contributed by atoms with Crippen LogP contribution >= 0.6 is 0 Å². The zero-order valence-electron chi connectivity index (χ0n) is 7.14. The van der Waals surface area contributed by atoms with Gasteiger partial charge >= 0.3 is 0 Å². The van der Waals surface area contributed by atoms with Crippen LogP contribution in [0.3, 0.4) is 0 Å². The summed E-state index contributed by atoms with van der Waals surface area (Å²) in [6, 6.07) is 0.0787. The Morgan fingerprint density at radius 3 is 2.40 bits per heavy atom. The summed E-state index contributed by atoms with van der Waals surface area (Å²) in [6.45, 7) is 5.87. The van der Waals surface area contributed by atoms with Crippen LogP contribution < -0.4 is 5.32 Å². The van der Waals surface area contributed by atoms with Gasteiger partial charge in [0, 0.05) is 13.2 Å². The van der Waals surface area contributed by atoms with Crippen LogP contribution in [0.15, 0.2) is 0 Å². The van der Waals surface area contributed by atoms with Gasteiger partial charge in [-0.05, 0) is 20.8 Å². The Balaban J connectivity index is 3.64. The SMILES string of the molecule is COC(C)(C)NC(C)CO. The average Bonchev–Trinajstić information content (AvgIpc) is 1.87. The topological polar surface area (TPSA) is 41.5 Å². The van der Waals surface area contributed by atoms with Gasteiger partial charge in [-0.25, -0.2) is 0 Å². The second-order valence-corrected chi connectivity index (χ2v) is 2.94. The highest BCUT2D eigenvalue weighted by molar-refractivity contribution is 4.69. The second kappa shape index (κ2) is 3.91. The molecule has 0 radical (unpaired) electrons. The molecule has 1 unspecified atom stereocenters. The largest absolute Gasteiger partial charge is 0.395 e. The van der Waals surface area contributed by atoms with E-state index >= 15 is 0 Å². The van der Waals surface area contributed by atoms with Gasteiger partial charge in [-0.3, -0.25) is 5.32 Å². The fourth-order valence-electron chi connectivity index (χ4n) is 0.698. The van der Waals surface area contributed by atoms with Crippen molar-refractivity contribution < 1.29 is 9.84 Å². The molecule has 0 aliphatic heterocycles. The Morgan fingerprint density at radius 1 is 1.60 bits per heavy atom. The highest BCUT2D eigenvalue weighted by Crippen LogP contribution is 2.02. The molecule has 0 spiro atoms. The normalized spacial score (nSPS) is 15.3. The van der Waals surface area contributed by atoms with Gasteiger partial charge in [-0.15, -0.1) is 0 Å². The summed E-state index contributed by atoms with van der Waals surface area (Å²) in [5.41, 5.74) is -0.345. The van der Waals surface area contributed by atoms with Crippen molar-refractivity contribution in [2.45, 2.75) is 32.5 Å². The van der Waals surface area contributed by atoms with Crippen molar-refractivity contribution in [3.8, 4) is 0 Å². The van der Waals surface area contributed by atoms with Gasteiger partial charge in [-0.1, -0.05) is 0 Å². The second-order valence-electron chi connectivity index (χ2n) is 2.94. The molecular formula is C7H17NO2. The molecule has 0 aliphatic rings. The zero-order valence-corrected chi connectivity index (χ0v) is 7.14. The van der Waals surface area contributed by atoms with Crippen LogP contribution in [-0.2, 0) is 4.74 Å². The highest BCUT2D eigenvalue weighted by Gasteiger charge is 2.17. The molecule has 0 fully saturated rings. The van der Waals surface area contributed by atoms with Crippen LogP contribution in [0, 0.1) is 0 Å². The van der Waals surface area contributed by atoms with E-state index in [1.54, 1.807) is 7.11 Å². The minimum Gasteiger partial charge on any atom is -0.395 e. The Bertz CT molecular complexity index is 93.6. The summed E-state index contributed by atoms with van der Waals surface area (Å²) in [6.07, 6.45) is 0. The maximum Gasteiger partial charge on any atom is 0.113 e. The van der Waals surface area contributed by atoms with Gasteiger partial charge in [0.05, 0.1) is 6.61 Å². The minimum absolute atomic E-state index is 0.0787. The number of nitrogens with one attached hydrogen (secondary N) is 1. The fourth-order valence-corrected chi connectivity index (χ4v) is 0.698. The Hall–Kier alpha value is -0.120. The summed E-state index contributed by atoms with van der Waals surface area (Å²) >= 11 is 0. The first-order valence-corrected chi connectivity index (χ1v) is 3.45. The van der Waals surface area contributed by atoms with E-state index in [9.17, 15) is 0 Å². The monoisotopic (exact) mass is 147 g/mol. The number of aliphatic hydroxyl groups is 1. The molecule has 3 heteroatoms. The lowest BCUT2D eigenvalue weighted by molar-refractivity contribution is -0.0201. The lowest BCUT2D eigenvalue weighted by atomic mass is 10.2. The molecular weight excluding hydrogens is 130 g/mol. The third kappa shape index (κ3) is 3.82. The van der Waals surface area contributed by atoms with E-state index in [2.05, 4.69) is 5.32 Å². The molecule has 0 bridgehead atoms. The predicted octanol–water partition coefficient (Wildman–Crippen LogP) is 0.339. The summed E-state index contributed by atoms with van der Waals surface area (Å²) in [5.74, 6) is 0. The van der Waals surface area contributed by atoms with Crippen molar-refractivity contribution >= 4 is 0 Å². The Morgan fingerprint density at radius 2 is 2.10 bits per heavy atom. The molecule has 0 aromatic carbocycles. The molecule has 0 amide bonds. The van der Waals surface area contributed by atoms with Crippen LogP contribution in [-0.4, -0.2) is 30.6 Å². The molecule has 10 heavy (non-hydrogen) atoms. The van der Waals surface area contributed by atoms with E-state index in [4.69, 9.17) is 9.84 Å². The first-order valence-electron chi connectivity index (χ1n) is 3.45. The summed E-state index contributed by atoms with van der Waals surface area (Å²) in [7, 11) is 1.64. The van der Waals surface area contributed by atoms with Crippen LogP contribution in [0.1, 0.15) is 20.8 Å². The van der Waals surface area contributed by atoms with Crippen LogP contribution in [0.5, 0.6) is 0 Å². The van der Waals surface area contributed by atoms with Crippen molar-refractivity contribution in [2.75, 3.05) is 13.7 Å². The number of methoxy groups -OCH3 is 1. The van der Waals surface area contributed by atoms with Gasteiger partial charge in [-0.2, -0.15) is 0 Å². The number of ether oxygens (including phenoxy) is 1. The van der Waals surface area contributed by atoms with Crippen molar-refractivity contribution in [1.29, 1.82) is 0 Å². The molecule has 3 nitrogen and oxygen atoms in total. The predicted molar refractivity (Wildman–Crippen MR) is 40.8 cm³/mol. The lowest BCUT2D eigenvalue weighted by Gasteiger charge is -2.27. The van der Waals surface area contributed by atoms with Gasteiger partial charge in [0.25, 0.3) is 0 Å². The van der Waals surface area contributed by atoms with Crippen molar-refractivity contribution in [3.63, 3.8) is 0 Å². The molecule has 0 rings (SSSR count). The van der Waals surface area contributed by atoms with E-state index in [-0.39, 0.29) is 18.4 Å². The molecule has 0 aromatic rings. The summed E-state index contributed by atoms with van der Waals surface area (Å²) in [4.78, 5) is 0. The number of hydrogen-bond acceptors (Lipinski definition) is 3. The van der Waals surface area contributed by atoms with Crippen LogP contribution in [0.2, 0.25) is 0 Å². The van der Waals surface area contributed by atoms with E-state index in [1.807, 2.05) is 20.8 Å². The average molecular weight is 147 g/mol. The number of rotatable bonds is 4. The number of hydrogen-bond donors (Lipinski definition) is 2. The molecule has 0 aliphatic carbocycles. The first kappa shape index (κ1) is 9.88. The lowest BCUT2D eigenvalue weighted by Crippen LogP contribution is -2.47. The van der Waals surface area contributed by atoms with Crippen molar-refractivity contribution in [1.82, 2.24) is 5.32 Å².